The van der Waals surface area contributed by atoms with Crippen molar-refractivity contribution in [3.63, 3.8) is 0 Å². The summed E-state index contributed by atoms with van der Waals surface area (Å²) in [5.41, 5.74) is 16.4. The van der Waals surface area contributed by atoms with Crippen LogP contribution in [0, 0.1) is 5.92 Å². The number of carbonyl (C=O) groups excluding carboxylic acids is 3. The summed E-state index contributed by atoms with van der Waals surface area (Å²) in [7, 11) is 0. The van der Waals surface area contributed by atoms with Gasteiger partial charge in [-0.2, -0.15) is 12.6 Å². The predicted octanol–water partition coefficient (Wildman–Crippen LogP) is -1.61. The van der Waals surface area contributed by atoms with Crippen LogP contribution in [-0.4, -0.2) is 82.7 Å². The number of nitrogens with zero attached hydrogens (tertiary/aromatic N) is 2. The van der Waals surface area contributed by atoms with Gasteiger partial charge in [0.15, 0.2) is 5.96 Å². The number of hydrogen-bond donors (Lipinski definition) is 7. The maximum atomic E-state index is 13.1. The molecule has 1 aliphatic heterocycles. The summed E-state index contributed by atoms with van der Waals surface area (Å²) < 4.78 is 0. The van der Waals surface area contributed by atoms with E-state index >= 15 is 0 Å². The second-order valence-corrected chi connectivity index (χ2v) is 8.88. The maximum absolute atomic E-state index is 13.1. The van der Waals surface area contributed by atoms with Crippen molar-refractivity contribution >= 4 is 42.3 Å². The molecular formula is C20H37N7O5S. The monoisotopic (exact) mass is 487 g/mol. The minimum atomic E-state index is -1.19. The number of thiol groups is 1. The van der Waals surface area contributed by atoms with Crippen LogP contribution < -0.4 is 27.8 Å². The molecule has 9 N–H and O–H groups in total. The number of nitrogens with two attached hydrogens (primary N) is 3. The van der Waals surface area contributed by atoms with Crippen LogP contribution in [0.2, 0.25) is 0 Å². The van der Waals surface area contributed by atoms with E-state index in [0.29, 0.717) is 32.2 Å². The Morgan fingerprint density at radius 2 is 1.85 bits per heavy atom. The normalized spacial score (nSPS) is 18.3. The molecule has 0 bridgehead atoms. The van der Waals surface area contributed by atoms with E-state index in [1.54, 1.807) is 0 Å². The minimum absolute atomic E-state index is 0.0341. The molecule has 0 aromatic carbocycles. The lowest BCUT2D eigenvalue weighted by Crippen LogP contribution is -2.57. The molecule has 33 heavy (non-hydrogen) atoms. The summed E-state index contributed by atoms with van der Waals surface area (Å²) in [6.07, 6.45) is 1.91. The highest BCUT2D eigenvalue weighted by Crippen LogP contribution is 2.19. The van der Waals surface area contributed by atoms with E-state index in [4.69, 9.17) is 17.2 Å². The Hall–Kier alpha value is -2.54. The lowest BCUT2D eigenvalue weighted by Gasteiger charge is -2.29. The molecule has 0 aromatic heterocycles. The van der Waals surface area contributed by atoms with E-state index < -0.39 is 47.9 Å². The molecule has 0 aliphatic carbocycles. The molecule has 1 aliphatic rings. The molecule has 188 valence electrons. The molecule has 0 radical (unpaired) electrons. The zero-order valence-electron chi connectivity index (χ0n) is 19.2. The van der Waals surface area contributed by atoms with Crippen molar-refractivity contribution in [2.45, 2.75) is 70.1 Å². The number of likely N-dealkylation sites (tertiary alicyclic amines) is 1. The zero-order valence-corrected chi connectivity index (χ0v) is 20.1. The SMILES string of the molecule is CC(C)CC(N)C(=O)NC(CS)C(=O)N1CCCC1C(=O)NC(CCCN=C(N)N)C(=O)O. The third kappa shape index (κ3) is 9.46. The largest absolute Gasteiger partial charge is 0.480 e. The van der Waals surface area contributed by atoms with Gasteiger partial charge >= 0.3 is 5.97 Å². The number of carbonyl (C=O) groups is 4. The van der Waals surface area contributed by atoms with Crippen molar-refractivity contribution < 1.29 is 24.3 Å². The lowest BCUT2D eigenvalue weighted by atomic mass is 10.0. The first-order valence-corrected chi connectivity index (χ1v) is 11.7. The van der Waals surface area contributed by atoms with Crippen LogP contribution in [0.4, 0.5) is 0 Å². The van der Waals surface area contributed by atoms with Gasteiger partial charge in [0, 0.05) is 18.8 Å². The van der Waals surface area contributed by atoms with E-state index in [1.807, 2.05) is 13.8 Å². The summed E-state index contributed by atoms with van der Waals surface area (Å²) in [4.78, 5) is 54.9. The fourth-order valence-corrected chi connectivity index (χ4v) is 3.86. The van der Waals surface area contributed by atoms with Gasteiger partial charge in [-0.05, 0) is 38.0 Å². The smallest absolute Gasteiger partial charge is 0.326 e. The third-order valence-corrected chi connectivity index (χ3v) is 5.62. The molecule has 1 fully saturated rings. The minimum Gasteiger partial charge on any atom is -0.480 e. The van der Waals surface area contributed by atoms with Crippen molar-refractivity contribution in [3.8, 4) is 0 Å². The fourth-order valence-electron chi connectivity index (χ4n) is 3.61. The van der Waals surface area contributed by atoms with E-state index in [9.17, 15) is 24.3 Å². The summed E-state index contributed by atoms with van der Waals surface area (Å²) in [6.45, 7) is 4.43. The summed E-state index contributed by atoms with van der Waals surface area (Å²) in [6, 6.07) is -3.67. The second kappa shape index (κ2) is 13.9. The van der Waals surface area contributed by atoms with Gasteiger partial charge in [-0.1, -0.05) is 13.8 Å². The number of aliphatic imine (C=N–C) groups is 1. The molecule has 1 saturated heterocycles. The predicted molar refractivity (Wildman–Crippen MR) is 127 cm³/mol. The average molecular weight is 488 g/mol. The van der Waals surface area contributed by atoms with Crippen LogP contribution in [0.5, 0.6) is 0 Å². The Morgan fingerprint density at radius 1 is 1.18 bits per heavy atom. The van der Waals surface area contributed by atoms with E-state index in [-0.39, 0.29) is 30.6 Å². The molecule has 1 heterocycles. The number of carboxylic acids is 1. The van der Waals surface area contributed by atoms with Gasteiger partial charge in [-0.3, -0.25) is 19.4 Å². The van der Waals surface area contributed by atoms with E-state index in [0.717, 1.165) is 0 Å². The van der Waals surface area contributed by atoms with Crippen LogP contribution in [0.25, 0.3) is 0 Å². The van der Waals surface area contributed by atoms with Crippen LogP contribution in [0.15, 0.2) is 4.99 Å². The van der Waals surface area contributed by atoms with Crippen molar-refractivity contribution in [1.82, 2.24) is 15.5 Å². The van der Waals surface area contributed by atoms with Crippen LogP contribution in [0.3, 0.4) is 0 Å². The highest BCUT2D eigenvalue weighted by Gasteiger charge is 2.38. The van der Waals surface area contributed by atoms with Crippen molar-refractivity contribution in [3.05, 3.63) is 0 Å². The zero-order chi connectivity index (χ0) is 25.1. The fraction of sp³-hybridized carbons (Fsp3) is 0.750. The Labute approximate surface area is 199 Å². The lowest BCUT2D eigenvalue weighted by molar-refractivity contribution is -0.144. The topological polar surface area (TPSA) is 206 Å². The highest BCUT2D eigenvalue weighted by molar-refractivity contribution is 7.80. The van der Waals surface area contributed by atoms with Gasteiger partial charge < -0.3 is 37.8 Å². The van der Waals surface area contributed by atoms with Crippen LogP contribution >= 0.6 is 12.6 Å². The van der Waals surface area contributed by atoms with E-state index in [2.05, 4.69) is 28.3 Å². The quantitative estimate of drug-likeness (QED) is 0.0694. The van der Waals surface area contributed by atoms with Crippen LogP contribution in [-0.2, 0) is 19.2 Å². The average Bonchev–Trinajstić information content (AvgIpc) is 3.22. The van der Waals surface area contributed by atoms with Gasteiger partial charge in [-0.15, -0.1) is 0 Å². The molecule has 0 saturated carbocycles. The van der Waals surface area contributed by atoms with E-state index in [1.165, 1.54) is 4.90 Å². The first kappa shape index (κ1) is 28.5. The van der Waals surface area contributed by atoms with Crippen LogP contribution in [0.1, 0.15) is 46.0 Å². The number of guanidine groups is 1. The van der Waals surface area contributed by atoms with Gasteiger partial charge in [0.1, 0.15) is 18.1 Å². The van der Waals surface area contributed by atoms with Crippen molar-refractivity contribution in [2.24, 2.45) is 28.1 Å². The van der Waals surface area contributed by atoms with Crippen molar-refractivity contribution in [2.75, 3.05) is 18.8 Å². The number of aliphatic carboxylic acids is 1. The molecule has 3 amide bonds. The number of carboxylic acid groups (broad SMARTS) is 1. The molecule has 0 aromatic rings. The molecule has 4 atom stereocenters. The Kier molecular flexibility index (Phi) is 12.0. The number of hydrogen-bond acceptors (Lipinski definition) is 7. The number of rotatable bonds is 13. The summed E-state index contributed by atoms with van der Waals surface area (Å²) in [5, 5.41) is 14.6. The van der Waals surface area contributed by atoms with Gasteiger partial charge in [0.05, 0.1) is 6.04 Å². The molecule has 4 unspecified atom stereocenters. The number of amides is 3. The molecule has 1 rings (SSSR count). The maximum Gasteiger partial charge on any atom is 0.326 e. The summed E-state index contributed by atoms with van der Waals surface area (Å²) in [5.74, 6) is -2.51. The molecule has 0 spiro atoms. The first-order valence-electron chi connectivity index (χ1n) is 11.0. The molecular weight excluding hydrogens is 450 g/mol. The van der Waals surface area contributed by atoms with Crippen molar-refractivity contribution in [1.29, 1.82) is 0 Å². The highest BCUT2D eigenvalue weighted by atomic mass is 32.1. The summed E-state index contributed by atoms with van der Waals surface area (Å²) >= 11 is 4.18. The van der Waals surface area contributed by atoms with Gasteiger partial charge in [0.25, 0.3) is 0 Å². The molecule has 13 heteroatoms. The Bertz CT molecular complexity index is 730. The standard InChI is InChI=1S/C20H37N7O5S/c1-11(2)9-12(21)16(28)26-14(10-33)18(30)27-8-4-6-15(27)17(29)25-13(19(31)32)5-3-7-24-20(22)23/h11-15,33H,3-10,21H2,1-2H3,(H,25,29)(H,26,28)(H,31,32)(H4,22,23,24). The van der Waals surface area contributed by atoms with Gasteiger partial charge in [0.2, 0.25) is 17.7 Å². The third-order valence-electron chi connectivity index (χ3n) is 5.26. The Morgan fingerprint density at radius 3 is 2.39 bits per heavy atom. The first-order chi connectivity index (χ1) is 15.5. The molecule has 12 nitrogen and oxygen atoms in total. The van der Waals surface area contributed by atoms with Gasteiger partial charge in [-0.25, -0.2) is 4.79 Å². The second-order valence-electron chi connectivity index (χ2n) is 8.52. The number of nitrogens with one attached hydrogen (secondary N) is 2. The Balaban J connectivity index is 2.77.